The molecule has 9 heavy (non-hydrogen) atoms. The van der Waals surface area contributed by atoms with Gasteiger partial charge in [-0.25, -0.2) is 0 Å². The number of hydrogen-bond donors (Lipinski definition) is 0. The minimum atomic E-state index is 0.704. The van der Waals surface area contributed by atoms with E-state index in [4.69, 9.17) is 0 Å². The standard InChI is InChI=1S/C8H15N/c1-4-7(2)8-5-6-9(8)3/h8H,2,4-6H2,1,3H3. The number of hydrogen-bond acceptors (Lipinski definition) is 1. The van der Waals surface area contributed by atoms with Crippen LogP contribution in [0.15, 0.2) is 12.2 Å². The quantitative estimate of drug-likeness (QED) is 0.507. The second-order valence-electron chi connectivity index (χ2n) is 2.80. The number of likely N-dealkylation sites (tertiary alicyclic amines) is 1. The molecule has 1 unspecified atom stereocenters. The summed E-state index contributed by atoms with van der Waals surface area (Å²) in [6.07, 6.45) is 2.46. The average molecular weight is 125 g/mol. The van der Waals surface area contributed by atoms with E-state index in [0.29, 0.717) is 6.04 Å². The minimum Gasteiger partial charge on any atom is -0.300 e. The monoisotopic (exact) mass is 125 g/mol. The van der Waals surface area contributed by atoms with Gasteiger partial charge in [-0.2, -0.15) is 0 Å². The fraction of sp³-hybridized carbons (Fsp3) is 0.750. The maximum atomic E-state index is 4.00. The Balaban J connectivity index is 2.35. The van der Waals surface area contributed by atoms with Gasteiger partial charge in [0.15, 0.2) is 0 Å². The smallest absolute Gasteiger partial charge is 0.0313 e. The van der Waals surface area contributed by atoms with Crippen molar-refractivity contribution in [1.29, 1.82) is 0 Å². The van der Waals surface area contributed by atoms with Gasteiger partial charge in [0.05, 0.1) is 0 Å². The van der Waals surface area contributed by atoms with Crippen molar-refractivity contribution >= 4 is 0 Å². The molecule has 1 fully saturated rings. The molecule has 52 valence electrons. The molecule has 1 aliphatic rings. The van der Waals surface area contributed by atoms with E-state index in [9.17, 15) is 0 Å². The maximum absolute atomic E-state index is 4.00. The summed E-state index contributed by atoms with van der Waals surface area (Å²) in [5.41, 5.74) is 1.39. The third-order valence-corrected chi connectivity index (χ3v) is 2.21. The van der Waals surface area contributed by atoms with Gasteiger partial charge in [0.2, 0.25) is 0 Å². The Bertz CT molecular complexity index is 118. The SMILES string of the molecule is C=C(CC)C1CCN1C. The van der Waals surface area contributed by atoms with Gasteiger partial charge >= 0.3 is 0 Å². The van der Waals surface area contributed by atoms with Gasteiger partial charge in [0.1, 0.15) is 0 Å². The molecule has 1 heterocycles. The van der Waals surface area contributed by atoms with Crippen LogP contribution in [0.3, 0.4) is 0 Å². The van der Waals surface area contributed by atoms with Crippen molar-refractivity contribution in [2.75, 3.05) is 13.6 Å². The van der Waals surface area contributed by atoms with Crippen LogP contribution >= 0.6 is 0 Å². The normalized spacial score (nSPS) is 27.6. The van der Waals surface area contributed by atoms with Crippen LogP contribution in [0.2, 0.25) is 0 Å². The summed E-state index contributed by atoms with van der Waals surface area (Å²) in [5, 5.41) is 0. The minimum absolute atomic E-state index is 0.704. The van der Waals surface area contributed by atoms with Crippen LogP contribution in [0.25, 0.3) is 0 Å². The van der Waals surface area contributed by atoms with Crippen LogP contribution < -0.4 is 0 Å². The number of likely N-dealkylation sites (N-methyl/N-ethyl adjacent to an activating group) is 1. The molecule has 1 rings (SSSR count). The van der Waals surface area contributed by atoms with E-state index >= 15 is 0 Å². The Morgan fingerprint density at radius 3 is 2.56 bits per heavy atom. The molecule has 0 saturated carbocycles. The van der Waals surface area contributed by atoms with E-state index in [-0.39, 0.29) is 0 Å². The summed E-state index contributed by atoms with van der Waals surface area (Å²) in [7, 11) is 2.16. The van der Waals surface area contributed by atoms with Crippen molar-refractivity contribution in [2.24, 2.45) is 0 Å². The predicted octanol–water partition coefficient (Wildman–Crippen LogP) is 1.66. The van der Waals surface area contributed by atoms with E-state index in [0.717, 1.165) is 6.42 Å². The Morgan fingerprint density at radius 2 is 2.44 bits per heavy atom. The zero-order valence-corrected chi connectivity index (χ0v) is 6.35. The summed E-state index contributed by atoms with van der Waals surface area (Å²) in [6, 6.07) is 0.704. The van der Waals surface area contributed by atoms with Crippen molar-refractivity contribution in [2.45, 2.75) is 25.8 Å². The molecule has 0 aromatic carbocycles. The van der Waals surface area contributed by atoms with Gasteiger partial charge in [-0.3, -0.25) is 4.90 Å². The van der Waals surface area contributed by atoms with E-state index in [1.807, 2.05) is 0 Å². The molecule has 0 radical (unpaired) electrons. The van der Waals surface area contributed by atoms with Crippen molar-refractivity contribution in [1.82, 2.24) is 4.90 Å². The molecular formula is C8H15N. The van der Waals surface area contributed by atoms with Crippen molar-refractivity contribution in [3.63, 3.8) is 0 Å². The van der Waals surface area contributed by atoms with Gasteiger partial charge in [0, 0.05) is 12.6 Å². The van der Waals surface area contributed by atoms with Crippen LogP contribution in [0, 0.1) is 0 Å². The lowest BCUT2D eigenvalue weighted by Crippen LogP contribution is -2.45. The Morgan fingerprint density at radius 1 is 1.78 bits per heavy atom. The van der Waals surface area contributed by atoms with Crippen LogP contribution in [0.5, 0.6) is 0 Å². The molecule has 0 aromatic rings. The summed E-state index contributed by atoms with van der Waals surface area (Å²) in [5.74, 6) is 0. The summed E-state index contributed by atoms with van der Waals surface area (Å²) in [6.45, 7) is 7.43. The first-order chi connectivity index (χ1) is 4.25. The Kier molecular flexibility index (Phi) is 1.91. The van der Waals surface area contributed by atoms with E-state index in [1.54, 1.807) is 0 Å². The average Bonchev–Trinajstić information content (AvgIpc) is 1.84. The van der Waals surface area contributed by atoms with Crippen LogP contribution in [0.4, 0.5) is 0 Å². The second kappa shape index (κ2) is 2.53. The van der Waals surface area contributed by atoms with Gasteiger partial charge in [0.25, 0.3) is 0 Å². The second-order valence-corrected chi connectivity index (χ2v) is 2.80. The van der Waals surface area contributed by atoms with Gasteiger partial charge in [-0.05, 0) is 19.9 Å². The molecule has 1 atom stereocenters. The lowest BCUT2D eigenvalue weighted by molar-refractivity contribution is 0.154. The number of rotatable bonds is 2. The van der Waals surface area contributed by atoms with Crippen LogP contribution in [0.1, 0.15) is 19.8 Å². The molecule has 0 aliphatic carbocycles. The first kappa shape index (κ1) is 6.81. The summed E-state index contributed by atoms with van der Waals surface area (Å²) in [4.78, 5) is 2.35. The van der Waals surface area contributed by atoms with Crippen molar-refractivity contribution in [3.8, 4) is 0 Å². The first-order valence-corrected chi connectivity index (χ1v) is 3.63. The molecule has 1 heteroatoms. The Labute approximate surface area is 57.4 Å². The first-order valence-electron chi connectivity index (χ1n) is 3.63. The van der Waals surface area contributed by atoms with Crippen LogP contribution in [-0.4, -0.2) is 24.5 Å². The van der Waals surface area contributed by atoms with E-state index < -0.39 is 0 Å². The fourth-order valence-corrected chi connectivity index (χ4v) is 1.27. The lowest BCUT2D eigenvalue weighted by atomic mass is 9.95. The molecule has 1 saturated heterocycles. The van der Waals surface area contributed by atoms with E-state index in [1.165, 1.54) is 18.5 Å². The lowest BCUT2D eigenvalue weighted by Gasteiger charge is -2.39. The van der Waals surface area contributed by atoms with Gasteiger partial charge in [-0.15, -0.1) is 0 Å². The molecule has 0 bridgehead atoms. The third-order valence-electron chi connectivity index (χ3n) is 2.21. The molecule has 0 aromatic heterocycles. The largest absolute Gasteiger partial charge is 0.300 e. The third kappa shape index (κ3) is 1.16. The highest BCUT2D eigenvalue weighted by Gasteiger charge is 2.24. The zero-order valence-electron chi connectivity index (χ0n) is 6.35. The molecule has 1 nitrogen and oxygen atoms in total. The molecule has 0 spiro atoms. The van der Waals surface area contributed by atoms with Crippen molar-refractivity contribution < 1.29 is 0 Å². The highest BCUT2D eigenvalue weighted by molar-refractivity contribution is 5.09. The van der Waals surface area contributed by atoms with Crippen molar-refractivity contribution in [3.05, 3.63) is 12.2 Å². The predicted molar refractivity (Wildman–Crippen MR) is 40.5 cm³/mol. The maximum Gasteiger partial charge on any atom is 0.0313 e. The molecule has 1 aliphatic heterocycles. The molecule has 0 amide bonds. The highest BCUT2D eigenvalue weighted by atomic mass is 15.2. The van der Waals surface area contributed by atoms with Gasteiger partial charge in [-0.1, -0.05) is 19.1 Å². The number of nitrogens with zero attached hydrogens (tertiary/aromatic N) is 1. The highest BCUT2D eigenvalue weighted by Crippen LogP contribution is 2.22. The van der Waals surface area contributed by atoms with E-state index in [2.05, 4.69) is 25.5 Å². The molecular weight excluding hydrogens is 110 g/mol. The topological polar surface area (TPSA) is 3.24 Å². The summed E-state index contributed by atoms with van der Waals surface area (Å²) < 4.78 is 0. The molecule has 0 N–H and O–H groups in total. The van der Waals surface area contributed by atoms with Gasteiger partial charge < -0.3 is 0 Å². The van der Waals surface area contributed by atoms with Crippen LogP contribution in [-0.2, 0) is 0 Å². The Hall–Kier alpha value is -0.300. The summed E-state index contributed by atoms with van der Waals surface area (Å²) >= 11 is 0. The zero-order chi connectivity index (χ0) is 6.85. The fourth-order valence-electron chi connectivity index (χ4n) is 1.27.